The number of aromatic nitrogens is 1. The molecule has 2 heterocycles. The standard InChI is InChI=1S/C15H18N2S/c1-11(13-5-2-3-9-16-13)17-15(12-7-8-12)14-6-4-10-18-14/h2-6,9-12,15,17H,7-8H2,1H3/t11-,15?/m1/s1. The van der Waals surface area contributed by atoms with Crippen LogP contribution in [0.3, 0.4) is 0 Å². The second-order valence-electron chi connectivity index (χ2n) is 4.97. The van der Waals surface area contributed by atoms with Crippen LogP contribution in [0.5, 0.6) is 0 Å². The third-order valence-corrected chi connectivity index (χ3v) is 4.46. The predicted molar refractivity (Wildman–Crippen MR) is 75.6 cm³/mol. The second kappa shape index (κ2) is 5.21. The van der Waals surface area contributed by atoms with Gasteiger partial charge in [-0.2, -0.15) is 0 Å². The molecule has 94 valence electrons. The Bertz CT molecular complexity index is 476. The van der Waals surface area contributed by atoms with Crippen molar-refractivity contribution in [3.05, 3.63) is 52.5 Å². The molecule has 1 saturated carbocycles. The van der Waals surface area contributed by atoms with E-state index in [1.54, 1.807) is 0 Å². The lowest BCUT2D eigenvalue weighted by Crippen LogP contribution is -2.26. The minimum atomic E-state index is 0.305. The minimum absolute atomic E-state index is 0.305. The van der Waals surface area contributed by atoms with E-state index >= 15 is 0 Å². The quantitative estimate of drug-likeness (QED) is 0.878. The fraction of sp³-hybridized carbons (Fsp3) is 0.400. The first-order chi connectivity index (χ1) is 8.84. The van der Waals surface area contributed by atoms with Crippen LogP contribution in [0.4, 0.5) is 0 Å². The molecule has 2 aromatic heterocycles. The Morgan fingerprint density at radius 2 is 2.17 bits per heavy atom. The van der Waals surface area contributed by atoms with Crippen molar-refractivity contribution in [3.63, 3.8) is 0 Å². The summed E-state index contributed by atoms with van der Waals surface area (Å²) in [5.74, 6) is 0.815. The summed E-state index contributed by atoms with van der Waals surface area (Å²) >= 11 is 1.85. The largest absolute Gasteiger partial charge is 0.301 e. The van der Waals surface area contributed by atoms with Crippen LogP contribution in [0.1, 0.15) is 42.4 Å². The summed E-state index contributed by atoms with van der Waals surface area (Å²) in [6, 6.07) is 11.3. The van der Waals surface area contributed by atoms with E-state index < -0.39 is 0 Å². The maximum absolute atomic E-state index is 4.43. The SMILES string of the molecule is C[C@@H](NC(c1cccs1)C1CC1)c1ccccn1. The number of nitrogens with one attached hydrogen (secondary N) is 1. The summed E-state index contributed by atoms with van der Waals surface area (Å²) in [5.41, 5.74) is 1.12. The Balaban J connectivity index is 1.73. The first kappa shape index (κ1) is 11.9. The lowest BCUT2D eigenvalue weighted by molar-refractivity contribution is 0.427. The molecule has 3 heteroatoms. The fourth-order valence-electron chi connectivity index (χ4n) is 2.34. The smallest absolute Gasteiger partial charge is 0.0570 e. The van der Waals surface area contributed by atoms with Gasteiger partial charge in [0.2, 0.25) is 0 Å². The zero-order chi connectivity index (χ0) is 12.4. The number of thiophene rings is 1. The van der Waals surface area contributed by atoms with Gasteiger partial charge in [0.05, 0.1) is 5.69 Å². The topological polar surface area (TPSA) is 24.9 Å². The van der Waals surface area contributed by atoms with Crippen LogP contribution in [0.15, 0.2) is 41.9 Å². The van der Waals surface area contributed by atoms with Crippen molar-refractivity contribution in [1.29, 1.82) is 0 Å². The van der Waals surface area contributed by atoms with Crippen molar-refractivity contribution in [1.82, 2.24) is 10.3 Å². The Morgan fingerprint density at radius 1 is 1.28 bits per heavy atom. The van der Waals surface area contributed by atoms with E-state index in [1.807, 2.05) is 23.6 Å². The van der Waals surface area contributed by atoms with E-state index in [1.165, 1.54) is 17.7 Å². The molecule has 1 aliphatic rings. The molecule has 0 bridgehead atoms. The van der Waals surface area contributed by atoms with Crippen molar-refractivity contribution < 1.29 is 0 Å². The lowest BCUT2D eigenvalue weighted by atomic mass is 10.1. The third-order valence-electron chi connectivity index (χ3n) is 3.50. The van der Waals surface area contributed by atoms with Gasteiger partial charge in [0.1, 0.15) is 0 Å². The second-order valence-corrected chi connectivity index (χ2v) is 5.95. The predicted octanol–water partition coefficient (Wildman–Crippen LogP) is 3.95. The van der Waals surface area contributed by atoms with E-state index in [2.05, 4.69) is 46.9 Å². The third kappa shape index (κ3) is 2.62. The highest BCUT2D eigenvalue weighted by Gasteiger charge is 2.33. The monoisotopic (exact) mass is 258 g/mol. The summed E-state index contributed by atoms with van der Waals surface area (Å²) in [7, 11) is 0. The Labute approximate surface area is 112 Å². The van der Waals surface area contributed by atoms with Crippen LogP contribution in [-0.2, 0) is 0 Å². The van der Waals surface area contributed by atoms with Crippen LogP contribution in [0, 0.1) is 5.92 Å². The maximum Gasteiger partial charge on any atom is 0.0570 e. The van der Waals surface area contributed by atoms with Crippen molar-refractivity contribution >= 4 is 11.3 Å². The lowest BCUT2D eigenvalue weighted by Gasteiger charge is -2.22. The Hall–Kier alpha value is -1.19. The van der Waals surface area contributed by atoms with Gasteiger partial charge < -0.3 is 5.32 Å². The molecule has 1 N–H and O–H groups in total. The molecule has 1 fully saturated rings. The molecule has 0 aliphatic heterocycles. The Morgan fingerprint density at radius 3 is 2.78 bits per heavy atom. The summed E-state index contributed by atoms with van der Waals surface area (Å²) in [6.07, 6.45) is 4.57. The van der Waals surface area contributed by atoms with Gasteiger partial charge in [-0.15, -0.1) is 11.3 Å². The molecule has 3 rings (SSSR count). The highest BCUT2D eigenvalue weighted by Crippen LogP contribution is 2.43. The minimum Gasteiger partial charge on any atom is -0.301 e. The van der Waals surface area contributed by atoms with Gasteiger partial charge in [-0.3, -0.25) is 4.98 Å². The van der Waals surface area contributed by atoms with Gasteiger partial charge in [-0.25, -0.2) is 0 Å². The van der Waals surface area contributed by atoms with Crippen LogP contribution in [-0.4, -0.2) is 4.98 Å². The summed E-state index contributed by atoms with van der Waals surface area (Å²) in [6.45, 7) is 2.20. The Kier molecular flexibility index (Phi) is 3.43. The van der Waals surface area contributed by atoms with Gasteiger partial charge in [-0.1, -0.05) is 12.1 Å². The average Bonchev–Trinajstić information content (AvgIpc) is 3.11. The van der Waals surface area contributed by atoms with E-state index in [-0.39, 0.29) is 0 Å². The first-order valence-electron chi connectivity index (χ1n) is 6.55. The zero-order valence-electron chi connectivity index (χ0n) is 10.5. The molecule has 1 aliphatic carbocycles. The van der Waals surface area contributed by atoms with Gasteiger partial charge in [0, 0.05) is 23.2 Å². The van der Waals surface area contributed by atoms with Gasteiger partial charge in [-0.05, 0) is 49.3 Å². The van der Waals surface area contributed by atoms with E-state index in [4.69, 9.17) is 0 Å². The highest BCUT2D eigenvalue weighted by atomic mass is 32.1. The molecule has 2 aromatic rings. The molecule has 2 atom stereocenters. The van der Waals surface area contributed by atoms with Crippen molar-refractivity contribution in [2.45, 2.75) is 31.8 Å². The molecule has 0 amide bonds. The van der Waals surface area contributed by atoms with E-state index in [9.17, 15) is 0 Å². The zero-order valence-corrected chi connectivity index (χ0v) is 11.4. The number of pyridine rings is 1. The molecule has 0 aromatic carbocycles. The first-order valence-corrected chi connectivity index (χ1v) is 7.43. The van der Waals surface area contributed by atoms with Gasteiger partial charge >= 0.3 is 0 Å². The average molecular weight is 258 g/mol. The molecule has 1 unspecified atom stereocenters. The van der Waals surface area contributed by atoms with E-state index in [0.29, 0.717) is 12.1 Å². The van der Waals surface area contributed by atoms with Crippen LogP contribution in [0.25, 0.3) is 0 Å². The van der Waals surface area contributed by atoms with Crippen LogP contribution < -0.4 is 5.32 Å². The molecular weight excluding hydrogens is 240 g/mol. The highest BCUT2D eigenvalue weighted by molar-refractivity contribution is 7.10. The molecule has 18 heavy (non-hydrogen) atoms. The molecule has 0 spiro atoms. The van der Waals surface area contributed by atoms with Crippen molar-refractivity contribution in [3.8, 4) is 0 Å². The van der Waals surface area contributed by atoms with Gasteiger partial charge in [0.15, 0.2) is 0 Å². The maximum atomic E-state index is 4.43. The summed E-state index contributed by atoms with van der Waals surface area (Å²) < 4.78 is 0. The van der Waals surface area contributed by atoms with Gasteiger partial charge in [0.25, 0.3) is 0 Å². The van der Waals surface area contributed by atoms with Crippen LogP contribution in [0.2, 0.25) is 0 Å². The molecular formula is C15H18N2S. The van der Waals surface area contributed by atoms with Crippen LogP contribution >= 0.6 is 11.3 Å². The number of hydrogen-bond acceptors (Lipinski definition) is 3. The normalized spacial score (nSPS) is 18.5. The molecule has 0 saturated heterocycles. The fourth-order valence-corrected chi connectivity index (χ4v) is 3.21. The van der Waals surface area contributed by atoms with E-state index in [0.717, 1.165) is 11.6 Å². The summed E-state index contributed by atoms with van der Waals surface area (Å²) in [5, 5.41) is 5.91. The number of hydrogen-bond donors (Lipinski definition) is 1. The number of rotatable bonds is 5. The summed E-state index contributed by atoms with van der Waals surface area (Å²) in [4.78, 5) is 5.89. The van der Waals surface area contributed by atoms with Crippen molar-refractivity contribution in [2.24, 2.45) is 5.92 Å². The number of nitrogens with zero attached hydrogens (tertiary/aromatic N) is 1. The molecule has 0 radical (unpaired) electrons. The van der Waals surface area contributed by atoms with Crippen molar-refractivity contribution in [2.75, 3.05) is 0 Å². The molecule has 2 nitrogen and oxygen atoms in total.